The lowest BCUT2D eigenvalue weighted by Crippen LogP contribution is -2.42. The molecular formula is C23H32N4O2S. The quantitative estimate of drug-likeness (QED) is 0.584. The van der Waals surface area contributed by atoms with Crippen molar-refractivity contribution in [1.29, 1.82) is 0 Å². The molecule has 1 fully saturated rings. The average molecular weight is 429 g/mol. The van der Waals surface area contributed by atoms with Gasteiger partial charge in [0.1, 0.15) is 5.75 Å². The molecule has 0 atom stereocenters. The highest BCUT2D eigenvalue weighted by atomic mass is 32.1. The maximum atomic E-state index is 5.74. The molecular weight excluding hydrogens is 396 g/mol. The van der Waals surface area contributed by atoms with E-state index in [4.69, 9.17) is 21.7 Å². The summed E-state index contributed by atoms with van der Waals surface area (Å²) in [5, 5.41) is 4.25. The molecule has 1 N–H and O–H groups in total. The van der Waals surface area contributed by atoms with Gasteiger partial charge in [-0.3, -0.25) is 9.88 Å². The lowest BCUT2D eigenvalue weighted by atomic mass is 10.1. The maximum absolute atomic E-state index is 5.74. The summed E-state index contributed by atoms with van der Waals surface area (Å²) in [6, 6.07) is 12.3. The van der Waals surface area contributed by atoms with Crippen LogP contribution in [0.4, 0.5) is 0 Å². The number of ether oxygens (including phenoxy) is 2. The Kier molecular flexibility index (Phi) is 9.34. The summed E-state index contributed by atoms with van der Waals surface area (Å²) in [5.41, 5.74) is 2.48. The van der Waals surface area contributed by atoms with E-state index in [0.717, 1.165) is 76.2 Å². The van der Waals surface area contributed by atoms with Crippen molar-refractivity contribution in [3.05, 3.63) is 59.9 Å². The van der Waals surface area contributed by atoms with Gasteiger partial charge in [-0.1, -0.05) is 12.1 Å². The van der Waals surface area contributed by atoms with Gasteiger partial charge in [0.2, 0.25) is 0 Å². The molecule has 30 heavy (non-hydrogen) atoms. The standard InChI is InChI=1S/C23H32N4O2S/c1-28-22-5-3-20(4-6-22)9-12-25-23(30)27(19-21-7-10-24-11-8-21)14-2-13-26-15-17-29-18-16-26/h3-8,10-11H,2,9,12-19H2,1H3,(H,25,30). The van der Waals surface area contributed by atoms with E-state index >= 15 is 0 Å². The molecule has 0 amide bonds. The Morgan fingerprint density at radius 1 is 1.13 bits per heavy atom. The van der Waals surface area contributed by atoms with Crippen molar-refractivity contribution in [3.63, 3.8) is 0 Å². The van der Waals surface area contributed by atoms with Gasteiger partial charge in [-0.25, -0.2) is 0 Å². The Labute approximate surface area is 185 Å². The zero-order chi connectivity index (χ0) is 21.0. The number of rotatable bonds is 10. The zero-order valence-electron chi connectivity index (χ0n) is 17.8. The second kappa shape index (κ2) is 12.5. The molecule has 3 rings (SSSR count). The first-order valence-electron chi connectivity index (χ1n) is 10.6. The van der Waals surface area contributed by atoms with Crippen LogP contribution in [0, 0.1) is 0 Å². The van der Waals surface area contributed by atoms with Gasteiger partial charge in [0.15, 0.2) is 5.11 Å². The van der Waals surface area contributed by atoms with Gasteiger partial charge < -0.3 is 19.7 Å². The first-order valence-corrected chi connectivity index (χ1v) is 11.0. The van der Waals surface area contributed by atoms with Crippen LogP contribution in [-0.2, 0) is 17.7 Å². The smallest absolute Gasteiger partial charge is 0.169 e. The van der Waals surface area contributed by atoms with Gasteiger partial charge in [-0.05, 0) is 60.5 Å². The molecule has 7 heteroatoms. The first-order chi connectivity index (χ1) is 14.7. The number of methoxy groups -OCH3 is 1. The van der Waals surface area contributed by atoms with Crippen molar-refractivity contribution in [2.45, 2.75) is 19.4 Å². The van der Waals surface area contributed by atoms with Crippen molar-refractivity contribution >= 4 is 17.3 Å². The largest absolute Gasteiger partial charge is 0.497 e. The van der Waals surface area contributed by atoms with E-state index in [0.29, 0.717) is 0 Å². The summed E-state index contributed by atoms with van der Waals surface area (Å²) < 4.78 is 10.7. The fraction of sp³-hybridized carbons (Fsp3) is 0.478. The summed E-state index contributed by atoms with van der Waals surface area (Å²) in [7, 11) is 1.69. The number of thiocarbonyl (C=S) groups is 1. The third-order valence-electron chi connectivity index (χ3n) is 5.27. The van der Waals surface area contributed by atoms with Gasteiger partial charge in [0.05, 0.1) is 20.3 Å². The van der Waals surface area contributed by atoms with Gasteiger partial charge in [-0.15, -0.1) is 0 Å². The van der Waals surface area contributed by atoms with Crippen LogP contribution in [-0.4, -0.2) is 72.9 Å². The lowest BCUT2D eigenvalue weighted by Gasteiger charge is -2.29. The zero-order valence-corrected chi connectivity index (χ0v) is 18.6. The molecule has 6 nitrogen and oxygen atoms in total. The highest BCUT2D eigenvalue weighted by Crippen LogP contribution is 2.11. The Morgan fingerprint density at radius 3 is 2.57 bits per heavy atom. The van der Waals surface area contributed by atoms with Gasteiger partial charge in [0.25, 0.3) is 0 Å². The normalized spacial score (nSPS) is 14.3. The van der Waals surface area contributed by atoms with Crippen LogP contribution in [0.15, 0.2) is 48.8 Å². The van der Waals surface area contributed by atoms with E-state index in [1.807, 2.05) is 24.5 Å². The Morgan fingerprint density at radius 2 is 1.87 bits per heavy atom. The molecule has 0 saturated carbocycles. The topological polar surface area (TPSA) is 49.9 Å². The molecule has 1 aliphatic heterocycles. The third kappa shape index (κ3) is 7.55. The van der Waals surface area contributed by atoms with Crippen molar-refractivity contribution in [2.24, 2.45) is 0 Å². The van der Waals surface area contributed by atoms with Gasteiger partial charge >= 0.3 is 0 Å². The second-order valence-electron chi connectivity index (χ2n) is 7.41. The number of hydrogen-bond donors (Lipinski definition) is 1. The third-order valence-corrected chi connectivity index (χ3v) is 5.67. The molecule has 2 heterocycles. The molecule has 0 unspecified atom stereocenters. The summed E-state index contributed by atoms with van der Waals surface area (Å²) in [5.74, 6) is 0.881. The van der Waals surface area contributed by atoms with Crippen LogP contribution in [0.3, 0.4) is 0 Å². The molecule has 1 aliphatic rings. The molecule has 0 radical (unpaired) electrons. The molecule has 0 spiro atoms. The van der Waals surface area contributed by atoms with E-state index < -0.39 is 0 Å². The summed E-state index contributed by atoms with van der Waals surface area (Å²) in [6.07, 6.45) is 5.66. The van der Waals surface area contributed by atoms with Crippen LogP contribution in [0.5, 0.6) is 5.75 Å². The highest BCUT2D eigenvalue weighted by molar-refractivity contribution is 7.80. The minimum atomic E-state index is 0.792. The van der Waals surface area contributed by atoms with Crippen LogP contribution in [0.25, 0.3) is 0 Å². The fourth-order valence-corrected chi connectivity index (χ4v) is 3.75. The van der Waals surface area contributed by atoms with E-state index in [-0.39, 0.29) is 0 Å². The van der Waals surface area contributed by atoms with E-state index in [1.54, 1.807) is 7.11 Å². The molecule has 1 aromatic carbocycles. The molecule has 1 saturated heterocycles. The van der Waals surface area contributed by atoms with Crippen LogP contribution in [0.2, 0.25) is 0 Å². The summed E-state index contributed by atoms with van der Waals surface area (Å²) >= 11 is 5.74. The number of benzene rings is 1. The van der Waals surface area contributed by atoms with Gasteiger partial charge in [0, 0.05) is 51.7 Å². The Balaban J connectivity index is 1.49. The Bertz CT molecular complexity index is 752. The van der Waals surface area contributed by atoms with E-state index in [2.05, 4.69) is 44.4 Å². The van der Waals surface area contributed by atoms with Crippen molar-refractivity contribution in [3.8, 4) is 5.75 Å². The maximum Gasteiger partial charge on any atom is 0.169 e. The highest BCUT2D eigenvalue weighted by Gasteiger charge is 2.13. The molecule has 1 aromatic heterocycles. The van der Waals surface area contributed by atoms with E-state index in [1.165, 1.54) is 11.1 Å². The molecule has 0 bridgehead atoms. The van der Waals surface area contributed by atoms with Crippen LogP contribution < -0.4 is 10.1 Å². The fourth-order valence-electron chi connectivity index (χ4n) is 3.49. The molecule has 2 aromatic rings. The SMILES string of the molecule is COc1ccc(CCNC(=S)N(CCCN2CCOCC2)Cc2ccncc2)cc1. The number of pyridine rings is 1. The van der Waals surface area contributed by atoms with E-state index in [9.17, 15) is 0 Å². The molecule has 0 aliphatic carbocycles. The number of morpholine rings is 1. The molecule has 162 valence electrons. The number of nitrogens with one attached hydrogen (secondary N) is 1. The number of nitrogens with zero attached hydrogens (tertiary/aromatic N) is 3. The monoisotopic (exact) mass is 428 g/mol. The first kappa shape index (κ1) is 22.5. The lowest BCUT2D eigenvalue weighted by molar-refractivity contribution is 0.0367. The van der Waals surface area contributed by atoms with Crippen molar-refractivity contribution in [2.75, 3.05) is 53.0 Å². The Hall–Kier alpha value is -2.22. The minimum absolute atomic E-state index is 0.792. The number of aromatic nitrogens is 1. The second-order valence-corrected chi connectivity index (χ2v) is 7.80. The predicted molar refractivity (Wildman–Crippen MR) is 124 cm³/mol. The van der Waals surface area contributed by atoms with Crippen LogP contribution in [0.1, 0.15) is 17.5 Å². The van der Waals surface area contributed by atoms with Crippen molar-refractivity contribution < 1.29 is 9.47 Å². The predicted octanol–water partition coefficient (Wildman–Crippen LogP) is 2.73. The van der Waals surface area contributed by atoms with Gasteiger partial charge in [-0.2, -0.15) is 0 Å². The average Bonchev–Trinajstić information content (AvgIpc) is 2.80. The van der Waals surface area contributed by atoms with Crippen LogP contribution >= 0.6 is 12.2 Å². The van der Waals surface area contributed by atoms with Crippen molar-refractivity contribution in [1.82, 2.24) is 20.1 Å². The minimum Gasteiger partial charge on any atom is -0.497 e. The summed E-state index contributed by atoms with van der Waals surface area (Å²) in [4.78, 5) is 8.85. The summed E-state index contributed by atoms with van der Waals surface area (Å²) in [6.45, 7) is 7.32. The number of hydrogen-bond acceptors (Lipinski definition) is 5.